The van der Waals surface area contributed by atoms with Gasteiger partial charge in [-0.05, 0) is 25.2 Å². The summed E-state index contributed by atoms with van der Waals surface area (Å²) in [5.41, 5.74) is -1.51. The van der Waals surface area contributed by atoms with E-state index in [0.717, 1.165) is 19.3 Å². The fourth-order valence-corrected chi connectivity index (χ4v) is 2.00. The van der Waals surface area contributed by atoms with E-state index in [2.05, 4.69) is 0 Å². The van der Waals surface area contributed by atoms with E-state index in [0.29, 0.717) is 12.8 Å². The van der Waals surface area contributed by atoms with Gasteiger partial charge in [-0.1, -0.05) is 33.6 Å². The number of aliphatic carboxylic acids is 1. The van der Waals surface area contributed by atoms with Gasteiger partial charge in [0.2, 0.25) is 0 Å². The molecular formula is C11H22O3. The molecule has 0 aliphatic rings. The van der Waals surface area contributed by atoms with Crippen LogP contribution in [0.4, 0.5) is 0 Å². The summed E-state index contributed by atoms with van der Waals surface area (Å²) in [6.45, 7) is 5.84. The third kappa shape index (κ3) is 2.98. The van der Waals surface area contributed by atoms with Crippen LogP contribution in [0, 0.1) is 5.92 Å². The van der Waals surface area contributed by atoms with Gasteiger partial charge in [0.1, 0.15) is 0 Å². The summed E-state index contributed by atoms with van der Waals surface area (Å²) in [4.78, 5) is 11.0. The lowest BCUT2D eigenvalue weighted by Gasteiger charge is -2.31. The summed E-state index contributed by atoms with van der Waals surface area (Å²) >= 11 is 0. The number of rotatable bonds is 7. The Morgan fingerprint density at radius 1 is 1.29 bits per heavy atom. The second-order valence-electron chi connectivity index (χ2n) is 3.87. The minimum absolute atomic E-state index is 0.120. The fourth-order valence-electron chi connectivity index (χ4n) is 2.00. The van der Waals surface area contributed by atoms with Crippen molar-refractivity contribution in [2.75, 3.05) is 0 Å². The Morgan fingerprint density at radius 3 is 2.14 bits per heavy atom. The van der Waals surface area contributed by atoms with Crippen molar-refractivity contribution < 1.29 is 15.0 Å². The summed E-state index contributed by atoms with van der Waals surface area (Å²) in [5.74, 6) is -1.19. The van der Waals surface area contributed by atoms with Gasteiger partial charge in [0.15, 0.2) is 5.60 Å². The minimum atomic E-state index is -1.51. The van der Waals surface area contributed by atoms with Gasteiger partial charge in [-0.25, -0.2) is 4.79 Å². The van der Waals surface area contributed by atoms with Gasteiger partial charge in [0, 0.05) is 0 Å². The van der Waals surface area contributed by atoms with Crippen molar-refractivity contribution in [2.45, 2.75) is 58.5 Å². The molecule has 0 heterocycles. The summed E-state index contributed by atoms with van der Waals surface area (Å²) in [5, 5.41) is 19.1. The lowest BCUT2D eigenvalue weighted by atomic mass is 9.79. The van der Waals surface area contributed by atoms with Crippen molar-refractivity contribution >= 4 is 5.97 Å². The molecular weight excluding hydrogens is 180 g/mol. The van der Waals surface area contributed by atoms with E-state index >= 15 is 0 Å². The fraction of sp³-hybridized carbons (Fsp3) is 0.909. The molecule has 0 aliphatic heterocycles. The van der Waals surface area contributed by atoms with Gasteiger partial charge in [0.25, 0.3) is 0 Å². The monoisotopic (exact) mass is 202 g/mol. The van der Waals surface area contributed by atoms with Gasteiger partial charge < -0.3 is 10.2 Å². The van der Waals surface area contributed by atoms with E-state index in [-0.39, 0.29) is 5.92 Å². The van der Waals surface area contributed by atoms with Gasteiger partial charge in [-0.2, -0.15) is 0 Å². The summed E-state index contributed by atoms with van der Waals surface area (Å²) in [7, 11) is 0. The van der Waals surface area contributed by atoms with Crippen LogP contribution in [0.3, 0.4) is 0 Å². The summed E-state index contributed by atoms with van der Waals surface area (Å²) in [6, 6.07) is 0. The van der Waals surface area contributed by atoms with Crippen LogP contribution < -0.4 is 0 Å². The van der Waals surface area contributed by atoms with Crippen molar-refractivity contribution in [1.82, 2.24) is 0 Å². The second kappa shape index (κ2) is 6.02. The van der Waals surface area contributed by atoms with Crippen LogP contribution in [-0.4, -0.2) is 21.8 Å². The van der Waals surface area contributed by atoms with Crippen LogP contribution in [-0.2, 0) is 4.79 Å². The summed E-state index contributed by atoms with van der Waals surface area (Å²) in [6.07, 6.45) is 3.46. The van der Waals surface area contributed by atoms with Crippen molar-refractivity contribution in [1.29, 1.82) is 0 Å². The molecule has 0 bridgehead atoms. The zero-order valence-electron chi connectivity index (χ0n) is 9.42. The third-order valence-electron chi connectivity index (χ3n) is 2.81. The van der Waals surface area contributed by atoms with Crippen LogP contribution in [0.1, 0.15) is 52.9 Å². The van der Waals surface area contributed by atoms with Crippen molar-refractivity contribution in [2.24, 2.45) is 5.92 Å². The first-order valence-electron chi connectivity index (χ1n) is 5.48. The van der Waals surface area contributed by atoms with Gasteiger partial charge in [-0.15, -0.1) is 0 Å². The Kier molecular flexibility index (Phi) is 5.77. The molecule has 0 saturated heterocycles. The van der Waals surface area contributed by atoms with Gasteiger partial charge in [0.05, 0.1) is 0 Å². The van der Waals surface area contributed by atoms with Crippen LogP contribution in [0.15, 0.2) is 0 Å². The normalized spacial score (nSPS) is 17.4. The molecule has 2 unspecified atom stereocenters. The molecule has 0 amide bonds. The average molecular weight is 202 g/mol. The first kappa shape index (κ1) is 13.4. The quantitative estimate of drug-likeness (QED) is 0.666. The van der Waals surface area contributed by atoms with Crippen LogP contribution in [0.2, 0.25) is 0 Å². The molecule has 0 aromatic heterocycles. The Labute approximate surface area is 86.1 Å². The highest BCUT2D eigenvalue weighted by Gasteiger charge is 2.41. The molecule has 2 atom stereocenters. The molecule has 2 N–H and O–H groups in total. The predicted octanol–water partition coefficient (Wildman–Crippen LogP) is 2.43. The molecule has 84 valence electrons. The van der Waals surface area contributed by atoms with Crippen molar-refractivity contribution in [3.8, 4) is 0 Å². The lowest BCUT2D eigenvalue weighted by Crippen LogP contribution is -2.45. The molecule has 0 saturated carbocycles. The van der Waals surface area contributed by atoms with E-state index in [1.807, 2.05) is 20.8 Å². The van der Waals surface area contributed by atoms with Crippen LogP contribution in [0.5, 0.6) is 0 Å². The smallest absolute Gasteiger partial charge is 0.335 e. The van der Waals surface area contributed by atoms with Crippen LogP contribution in [0.25, 0.3) is 0 Å². The van der Waals surface area contributed by atoms with E-state index < -0.39 is 11.6 Å². The number of carbonyl (C=O) groups is 1. The number of hydrogen-bond donors (Lipinski definition) is 2. The maximum Gasteiger partial charge on any atom is 0.335 e. The highest BCUT2D eigenvalue weighted by molar-refractivity contribution is 5.77. The first-order valence-corrected chi connectivity index (χ1v) is 5.48. The molecule has 0 aliphatic carbocycles. The standard InChI is InChI=1S/C11H22O3/c1-4-7-9(6-3)11(14,8-5-2)10(12)13/h9,14H,4-8H2,1-3H3,(H,12,13). The molecule has 3 heteroatoms. The van der Waals surface area contributed by atoms with Crippen molar-refractivity contribution in [3.63, 3.8) is 0 Å². The molecule has 0 aromatic rings. The molecule has 0 fully saturated rings. The Bertz CT molecular complexity index is 179. The minimum Gasteiger partial charge on any atom is -0.479 e. The Morgan fingerprint density at radius 2 is 1.86 bits per heavy atom. The highest BCUT2D eigenvalue weighted by atomic mass is 16.4. The van der Waals surface area contributed by atoms with Gasteiger partial charge in [-0.3, -0.25) is 0 Å². The second-order valence-corrected chi connectivity index (χ2v) is 3.87. The average Bonchev–Trinajstić information content (AvgIpc) is 2.14. The number of carboxylic acids is 1. The van der Waals surface area contributed by atoms with Crippen LogP contribution >= 0.6 is 0 Å². The molecule has 0 radical (unpaired) electrons. The third-order valence-corrected chi connectivity index (χ3v) is 2.81. The largest absolute Gasteiger partial charge is 0.479 e. The lowest BCUT2D eigenvalue weighted by molar-refractivity contribution is -0.166. The molecule has 3 nitrogen and oxygen atoms in total. The zero-order chi connectivity index (χ0) is 11.2. The predicted molar refractivity (Wildman–Crippen MR) is 56.2 cm³/mol. The number of hydrogen-bond acceptors (Lipinski definition) is 2. The number of carboxylic acid groups (broad SMARTS) is 1. The van der Waals surface area contributed by atoms with E-state index in [1.54, 1.807) is 0 Å². The SMILES string of the molecule is CCCC(CC)C(O)(CCC)C(=O)O. The van der Waals surface area contributed by atoms with E-state index in [9.17, 15) is 9.90 Å². The topological polar surface area (TPSA) is 57.5 Å². The Balaban J connectivity index is 4.66. The van der Waals surface area contributed by atoms with Gasteiger partial charge >= 0.3 is 5.97 Å². The molecule has 14 heavy (non-hydrogen) atoms. The Hall–Kier alpha value is -0.570. The number of aliphatic hydroxyl groups is 1. The molecule has 0 spiro atoms. The maximum atomic E-state index is 11.0. The van der Waals surface area contributed by atoms with E-state index in [1.165, 1.54) is 0 Å². The van der Waals surface area contributed by atoms with Crippen molar-refractivity contribution in [3.05, 3.63) is 0 Å². The van der Waals surface area contributed by atoms with E-state index in [4.69, 9.17) is 5.11 Å². The zero-order valence-corrected chi connectivity index (χ0v) is 9.42. The highest BCUT2D eigenvalue weighted by Crippen LogP contribution is 2.30. The maximum absolute atomic E-state index is 11.0. The first-order chi connectivity index (χ1) is 6.52. The molecule has 0 rings (SSSR count). The summed E-state index contributed by atoms with van der Waals surface area (Å²) < 4.78 is 0. The molecule has 0 aromatic carbocycles.